The van der Waals surface area contributed by atoms with E-state index in [1.54, 1.807) is 7.11 Å². The molecule has 16 heavy (non-hydrogen) atoms. The molecule has 0 radical (unpaired) electrons. The number of nitrogens with zero attached hydrogens (tertiary/aromatic N) is 2. The number of para-hydroxylation sites is 1. The van der Waals surface area contributed by atoms with Gasteiger partial charge in [0, 0.05) is 18.3 Å². The molecule has 0 aliphatic rings. The highest BCUT2D eigenvalue weighted by molar-refractivity contribution is 5.33. The molecule has 0 spiro atoms. The first-order valence-electron chi connectivity index (χ1n) is 5.18. The smallest absolute Gasteiger partial charge is 0.123 e. The van der Waals surface area contributed by atoms with Gasteiger partial charge in [-0.2, -0.15) is 5.10 Å². The third kappa shape index (κ3) is 2.23. The number of methoxy groups -OCH3 is 1. The monoisotopic (exact) mass is 217 g/mol. The molecule has 1 heterocycles. The van der Waals surface area contributed by atoms with Gasteiger partial charge >= 0.3 is 0 Å². The van der Waals surface area contributed by atoms with E-state index >= 15 is 0 Å². The quantitative estimate of drug-likeness (QED) is 0.842. The van der Waals surface area contributed by atoms with Crippen LogP contribution in [0, 0.1) is 0 Å². The van der Waals surface area contributed by atoms with E-state index in [-0.39, 0.29) is 0 Å². The van der Waals surface area contributed by atoms with Gasteiger partial charge in [-0.3, -0.25) is 4.68 Å². The Bertz CT molecular complexity index is 465. The van der Waals surface area contributed by atoms with Gasteiger partial charge in [0.1, 0.15) is 5.75 Å². The highest BCUT2D eigenvalue weighted by atomic mass is 16.5. The molecule has 2 rings (SSSR count). The second kappa shape index (κ2) is 4.81. The molecule has 0 saturated carbocycles. The molecule has 0 amide bonds. The molecule has 0 atom stereocenters. The van der Waals surface area contributed by atoms with E-state index in [4.69, 9.17) is 10.5 Å². The second-order valence-corrected chi connectivity index (χ2v) is 3.52. The van der Waals surface area contributed by atoms with Gasteiger partial charge in [-0.1, -0.05) is 18.2 Å². The van der Waals surface area contributed by atoms with Crippen LogP contribution >= 0.6 is 0 Å². The van der Waals surface area contributed by atoms with E-state index in [1.807, 2.05) is 41.2 Å². The van der Waals surface area contributed by atoms with Gasteiger partial charge in [0.25, 0.3) is 0 Å². The third-order valence-corrected chi connectivity index (χ3v) is 2.43. The van der Waals surface area contributed by atoms with Crippen LogP contribution in [0.15, 0.2) is 36.5 Å². The van der Waals surface area contributed by atoms with Crippen molar-refractivity contribution in [1.29, 1.82) is 0 Å². The predicted molar refractivity (Wildman–Crippen MR) is 62.2 cm³/mol. The van der Waals surface area contributed by atoms with Gasteiger partial charge in [0.05, 0.1) is 19.3 Å². The summed E-state index contributed by atoms with van der Waals surface area (Å²) < 4.78 is 7.15. The van der Waals surface area contributed by atoms with Gasteiger partial charge in [-0.05, 0) is 12.1 Å². The molecule has 84 valence electrons. The molecule has 2 N–H and O–H groups in total. The van der Waals surface area contributed by atoms with Gasteiger partial charge in [-0.15, -0.1) is 0 Å². The van der Waals surface area contributed by atoms with Gasteiger partial charge < -0.3 is 10.5 Å². The lowest BCUT2D eigenvalue weighted by Crippen LogP contribution is -2.04. The largest absolute Gasteiger partial charge is 0.496 e. The zero-order valence-corrected chi connectivity index (χ0v) is 9.26. The van der Waals surface area contributed by atoms with Crippen LogP contribution in [0.1, 0.15) is 11.3 Å². The number of nitrogens with two attached hydrogens (primary N) is 1. The first-order valence-corrected chi connectivity index (χ1v) is 5.18. The first kappa shape index (κ1) is 10.7. The zero-order valence-electron chi connectivity index (χ0n) is 9.26. The fourth-order valence-corrected chi connectivity index (χ4v) is 1.61. The van der Waals surface area contributed by atoms with Crippen LogP contribution in [0.3, 0.4) is 0 Å². The lowest BCUT2D eigenvalue weighted by Gasteiger charge is -2.07. The maximum Gasteiger partial charge on any atom is 0.123 e. The molecule has 1 aromatic heterocycles. The molecule has 0 bridgehead atoms. The number of hydrogen-bond donors (Lipinski definition) is 1. The molecule has 0 aliphatic carbocycles. The van der Waals surface area contributed by atoms with Crippen molar-refractivity contribution in [3.63, 3.8) is 0 Å². The minimum atomic E-state index is 0.471. The summed E-state index contributed by atoms with van der Waals surface area (Å²) >= 11 is 0. The highest BCUT2D eigenvalue weighted by Crippen LogP contribution is 2.18. The Balaban J connectivity index is 2.19. The molecule has 0 fully saturated rings. The van der Waals surface area contributed by atoms with E-state index in [0.717, 1.165) is 17.0 Å². The summed E-state index contributed by atoms with van der Waals surface area (Å²) in [5, 5.41) is 4.34. The van der Waals surface area contributed by atoms with E-state index < -0.39 is 0 Å². The average molecular weight is 217 g/mol. The molecule has 4 heteroatoms. The minimum Gasteiger partial charge on any atom is -0.496 e. The van der Waals surface area contributed by atoms with Crippen molar-refractivity contribution < 1.29 is 4.74 Å². The van der Waals surface area contributed by atoms with Gasteiger partial charge in [0.15, 0.2) is 0 Å². The lowest BCUT2D eigenvalue weighted by molar-refractivity contribution is 0.407. The molecule has 2 aromatic rings. The average Bonchev–Trinajstić information content (AvgIpc) is 2.77. The standard InChI is InChI=1S/C12H15N3O/c1-16-12-5-3-2-4-10(12)9-15-7-6-11(8-13)14-15/h2-7H,8-9,13H2,1H3. The van der Waals surface area contributed by atoms with E-state index in [0.29, 0.717) is 13.1 Å². The summed E-state index contributed by atoms with van der Waals surface area (Å²) in [5.74, 6) is 0.882. The molecular formula is C12H15N3O. The van der Waals surface area contributed by atoms with Crippen LogP contribution < -0.4 is 10.5 Å². The molecule has 0 aliphatic heterocycles. The SMILES string of the molecule is COc1ccccc1Cn1ccc(CN)n1. The van der Waals surface area contributed by atoms with Crippen LogP contribution in [0.4, 0.5) is 0 Å². The number of benzene rings is 1. The topological polar surface area (TPSA) is 53.1 Å². The van der Waals surface area contributed by atoms with Crippen LogP contribution in [0.2, 0.25) is 0 Å². The van der Waals surface area contributed by atoms with Gasteiger partial charge in [-0.25, -0.2) is 0 Å². The number of rotatable bonds is 4. The lowest BCUT2D eigenvalue weighted by atomic mass is 10.2. The number of hydrogen-bond acceptors (Lipinski definition) is 3. The zero-order chi connectivity index (χ0) is 11.4. The molecule has 1 aromatic carbocycles. The molecule has 0 saturated heterocycles. The Morgan fingerprint density at radius 1 is 1.31 bits per heavy atom. The van der Waals surface area contributed by atoms with Crippen molar-refractivity contribution in [1.82, 2.24) is 9.78 Å². The molecular weight excluding hydrogens is 202 g/mol. The highest BCUT2D eigenvalue weighted by Gasteiger charge is 2.03. The first-order chi connectivity index (χ1) is 7.83. The van der Waals surface area contributed by atoms with Crippen LogP contribution in [-0.4, -0.2) is 16.9 Å². The van der Waals surface area contributed by atoms with Crippen molar-refractivity contribution in [2.45, 2.75) is 13.1 Å². The molecule has 0 unspecified atom stereocenters. The minimum absolute atomic E-state index is 0.471. The summed E-state index contributed by atoms with van der Waals surface area (Å²) in [6.45, 7) is 1.17. The second-order valence-electron chi connectivity index (χ2n) is 3.52. The van der Waals surface area contributed by atoms with Crippen molar-refractivity contribution in [2.75, 3.05) is 7.11 Å². The van der Waals surface area contributed by atoms with Crippen molar-refractivity contribution >= 4 is 0 Å². The number of aromatic nitrogens is 2. The molecule has 4 nitrogen and oxygen atoms in total. The summed E-state index contributed by atoms with van der Waals surface area (Å²) in [6.07, 6.45) is 1.93. The van der Waals surface area contributed by atoms with E-state index in [1.165, 1.54) is 0 Å². The number of ether oxygens (including phenoxy) is 1. The van der Waals surface area contributed by atoms with Crippen LogP contribution in [0.25, 0.3) is 0 Å². The Labute approximate surface area is 94.6 Å². The van der Waals surface area contributed by atoms with Crippen LogP contribution in [-0.2, 0) is 13.1 Å². The third-order valence-electron chi connectivity index (χ3n) is 2.43. The predicted octanol–water partition coefficient (Wildman–Crippen LogP) is 1.40. The van der Waals surface area contributed by atoms with E-state index in [2.05, 4.69) is 5.10 Å². The fourth-order valence-electron chi connectivity index (χ4n) is 1.61. The summed E-state index contributed by atoms with van der Waals surface area (Å²) in [6, 6.07) is 9.85. The Hall–Kier alpha value is -1.81. The van der Waals surface area contributed by atoms with Crippen molar-refractivity contribution in [2.24, 2.45) is 5.73 Å². The van der Waals surface area contributed by atoms with Crippen molar-refractivity contribution in [3.8, 4) is 5.75 Å². The Morgan fingerprint density at radius 3 is 2.81 bits per heavy atom. The Morgan fingerprint density at radius 2 is 2.12 bits per heavy atom. The maximum absolute atomic E-state index is 5.51. The van der Waals surface area contributed by atoms with Gasteiger partial charge in [0.2, 0.25) is 0 Å². The maximum atomic E-state index is 5.51. The summed E-state index contributed by atoms with van der Waals surface area (Å²) in [4.78, 5) is 0. The van der Waals surface area contributed by atoms with Crippen LogP contribution in [0.5, 0.6) is 5.75 Å². The summed E-state index contributed by atoms with van der Waals surface area (Å²) in [5.41, 5.74) is 7.52. The Kier molecular flexibility index (Phi) is 3.22. The normalized spacial score (nSPS) is 10.4. The fraction of sp³-hybridized carbons (Fsp3) is 0.250. The van der Waals surface area contributed by atoms with Crippen molar-refractivity contribution in [3.05, 3.63) is 47.8 Å². The van der Waals surface area contributed by atoms with E-state index in [9.17, 15) is 0 Å². The summed E-state index contributed by atoms with van der Waals surface area (Å²) in [7, 11) is 1.67.